The minimum Gasteiger partial charge on any atom is -0.310 e. The minimum atomic E-state index is -0.133. The van der Waals surface area contributed by atoms with Crippen LogP contribution in [0.1, 0.15) is 25.0 Å². The Bertz CT molecular complexity index is 3160. The maximum atomic E-state index is 2.49. The van der Waals surface area contributed by atoms with Gasteiger partial charge < -0.3 is 4.90 Å². The first kappa shape index (κ1) is 33.6. The van der Waals surface area contributed by atoms with Crippen LogP contribution < -0.4 is 4.90 Å². The normalized spacial score (nSPS) is 12.9. The Kier molecular flexibility index (Phi) is 7.77. The highest BCUT2D eigenvalue weighted by atomic mass is 32.1. The van der Waals surface area contributed by atoms with Crippen molar-refractivity contribution in [3.63, 3.8) is 0 Å². The lowest BCUT2D eigenvalue weighted by atomic mass is 9.82. The Balaban J connectivity index is 1.20. The molecule has 0 aliphatic heterocycles. The number of benzene rings is 9. The second-order valence-electron chi connectivity index (χ2n) is 15.7. The number of nitrogens with zero attached hydrogens (tertiary/aromatic N) is 1. The van der Waals surface area contributed by atoms with Gasteiger partial charge in [-0.25, -0.2) is 0 Å². The maximum Gasteiger partial charge on any atom is 0.0540 e. The molecule has 0 saturated carbocycles. The number of para-hydroxylation sites is 1. The van der Waals surface area contributed by atoms with E-state index in [1.807, 2.05) is 11.3 Å². The predicted octanol–water partition coefficient (Wildman–Crippen LogP) is 16.0. The zero-order chi connectivity index (χ0) is 38.1. The molecule has 10 aromatic rings. The van der Waals surface area contributed by atoms with Crippen LogP contribution in [0.2, 0.25) is 0 Å². The molecule has 0 saturated heterocycles. The fourth-order valence-electron chi connectivity index (χ4n) is 9.37. The summed E-state index contributed by atoms with van der Waals surface area (Å²) in [5.41, 5.74) is 16.0. The van der Waals surface area contributed by atoms with Gasteiger partial charge in [-0.3, -0.25) is 0 Å². The molecule has 0 N–H and O–H groups in total. The molecule has 0 fully saturated rings. The molecule has 1 aliphatic rings. The molecule has 0 atom stereocenters. The molecular weight excluding hydrogens is 707 g/mol. The second-order valence-corrected chi connectivity index (χ2v) is 16.7. The fourth-order valence-corrected chi connectivity index (χ4v) is 10.5. The lowest BCUT2D eigenvalue weighted by molar-refractivity contribution is 0.660. The molecule has 1 aromatic heterocycles. The summed E-state index contributed by atoms with van der Waals surface area (Å²) in [4.78, 5) is 2.49. The molecule has 0 spiro atoms. The van der Waals surface area contributed by atoms with Gasteiger partial charge >= 0.3 is 0 Å². The smallest absolute Gasteiger partial charge is 0.0540 e. The lowest BCUT2D eigenvalue weighted by Crippen LogP contribution is -2.17. The van der Waals surface area contributed by atoms with E-state index in [0.29, 0.717) is 0 Å². The summed E-state index contributed by atoms with van der Waals surface area (Å²) in [7, 11) is 0. The van der Waals surface area contributed by atoms with Gasteiger partial charge in [0.05, 0.1) is 5.69 Å². The van der Waals surface area contributed by atoms with Crippen molar-refractivity contribution in [2.75, 3.05) is 4.90 Å². The van der Waals surface area contributed by atoms with Gasteiger partial charge in [0.1, 0.15) is 0 Å². The van der Waals surface area contributed by atoms with Crippen LogP contribution in [0.25, 0.3) is 75.5 Å². The quantitative estimate of drug-likeness (QED) is 0.164. The SMILES string of the molecule is CC1(C)c2ccccc2-c2ccc(N(c3cccc(-c4ccccc4)c3)c3ccccc3-c3ccc4sc5ccccc5c4c3-c3cccc4ccccc34)cc21. The van der Waals surface area contributed by atoms with Crippen LogP contribution in [0.3, 0.4) is 0 Å². The van der Waals surface area contributed by atoms with Crippen LogP contribution in [0.5, 0.6) is 0 Å². The van der Waals surface area contributed by atoms with Crippen LogP contribution in [-0.2, 0) is 5.41 Å². The molecule has 57 heavy (non-hydrogen) atoms. The number of hydrogen-bond donors (Lipinski definition) is 0. The van der Waals surface area contributed by atoms with E-state index in [0.717, 1.165) is 17.1 Å². The van der Waals surface area contributed by atoms with Crippen LogP contribution in [0.4, 0.5) is 17.1 Å². The molecule has 1 heterocycles. The van der Waals surface area contributed by atoms with E-state index in [1.54, 1.807) is 0 Å². The highest BCUT2D eigenvalue weighted by Crippen LogP contribution is 2.53. The van der Waals surface area contributed by atoms with Crippen molar-refractivity contribution in [2.24, 2.45) is 0 Å². The topological polar surface area (TPSA) is 3.24 Å². The monoisotopic (exact) mass is 745 g/mol. The average Bonchev–Trinajstić information content (AvgIpc) is 3.76. The molecule has 0 unspecified atom stereocenters. The third kappa shape index (κ3) is 5.36. The van der Waals surface area contributed by atoms with Crippen molar-refractivity contribution in [1.82, 2.24) is 0 Å². The van der Waals surface area contributed by atoms with E-state index < -0.39 is 0 Å². The minimum absolute atomic E-state index is 0.133. The molecule has 0 amide bonds. The summed E-state index contributed by atoms with van der Waals surface area (Å²) in [6.07, 6.45) is 0. The summed E-state index contributed by atoms with van der Waals surface area (Å²) in [6, 6.07) is 74.0. The van der Waals surface area contributed by atoms with Gasteiger partial charge in [-0.2, -0.15) is 0 Å². The van der Waals surface area contributed by atoms with Gasteiger partial charge in [-0.15, -0.1) is 11.3 Å². The van der Waals surface area contributed by atoms with Crippen molar-refractivity contribution < 1.29 is 0 Å². The number of rotatable bonds is 6. The Morgan fingerprint density at radius 1 is 0.404 bits per heavy atom. The van der Waals surface area contributed by atoms with E-state index in [9.17, 15) is 0 Å². The molecule has 2 heteroatoms. The first-order valence-electron chi connectivity index (χ1n) is 19.8. The molecule has 270 valence electrons. The van der Waals surface area contributed by atoms with E-state index in [2.05, 4.69) is 219 Å². The molecule has 0 bridgehead atoms. The van der Waals surface area contributed by atoms with Crippen LogP contribution in [-0.4, -0.2) is 0 Å². The Hall–Kier alpha value is -6.74. The van der Waals surface area contributed by atoms with Crippen LogP contribution >= 0.6 is 11.3 Å². The number of anilines is 3. The Labute approximate surface area is 337 Å². The van der Waals surface area contributed by atoms with Crippen molar-refractivity contribution in [3.05, 3.63) is 211 Å². The highest BCUT2D eigenvalue weighted by molar-refractivity contribution is 7.26. The van der Waals surface area contributed by atoms with E-state index in [-0.39, 0.29) is 5.41 Å². The lowest BCUT2D eigenvalue weighted by Gasteiger charge is -2.30. The summed E-state index contributed by atoms with van der Waals surface area (Å²) in [5, 5.41) is 5.11. The molecule has 0 radical (unpaired) electrons. The second kappa shape index (κ2) is 13.2. The van der Waals surface area contributed by atoms with Crippen molar-refractivity contribution in [1.29, 1.82) is 0 Å². The average molecular weight is 746 g/mol. The largest absolute Gasteiger partial charge is 0.310 e. The van der Waals surface area contributed by atoms with Gasteiger partial charge in [0, 0.05) is 42.5 Å². The Morgan fingerprint density at radius 2 is 1.04 bits per heavy atom. The zero-order valence-corrected chi connectivity index (χ0v) is 32.7. The van der Waals surface area contributed by atoms with Crippen molar-refractivity contribution in [2.45, 2.75) is 19.3 Å². The number of thiophene rings is 1. The highest BCUT2D eigenvalue weighted by Gasteiger charge is 2.36. The molecule has 1 aliphatic carbocycles. The maximum absolute atomic E-state index is 2.49. The molecule has 9 aromatic carbocycles. The first-order valence-corrected chi connectivity index (χ1v) is 20.6. The summed E-state index contributed by atoms with van der Waals surface area (Å²) in [5.74, 6) is 0. The number of fused-ring (bicyclic) bond motifs is 7. The third-order valence-electron chi connectivity index (χ3n) is 12.1. The molecule has 11 rings (SSSR count). The van der Waals surface area contributed by atoms with E-state index >= 15 is 0 Å². The summed E-state index contributed by atoms with van der Waals surface area (Å²) < 4.78 is 2.61. The summed E-state index contributed by atoms with van der Waals surface area (Å²) in [6.45, 7) is 4.74. The Morgan fingerprint density at radius 3 is 1.93 bits per heavy atom. The molecule has 1 nitrogen and oxygen atoms in total. The van der Waals surface area contributed by atoms with Gasteiger partial charge in [0.25, 0.3) is 0 Å². The van der Waals surface area contributed by atoms with Gasteiger partial charge in [0.2, 0.25) is 0 Å². The van der Waals surface area contributed by atoms with Crippen molar-refractivity contribution >= 4 is 59.3 Å². The van der Waals surface area contributed by atoms with Crippen LogP contribution in [0, 0.1) is 0 Å². The van der Waals surface area contributed by atoms with E-state index in [1.165, 1.54) is 86.6 Å². The first-order chi connectivity index (χ1) is 28.0. The fraction of sp³-hybridized carbons (Fsp3) is 0.0545. The third-order valence-corrected chi connectivity index (χ3v) is 13.2. The zero-order valence-electron chi connectivity index (χ0n) is 31.9. The predicted molar refractivity (Wildman–Crippen MR) is 245 cm³/mol. The standard InChI is InChI=1S/C55H39NS/c1-55(2)48-27-11-8-23-42(48)43-31-30-40(35-49(43)55)56(39-21-14-20-38(34-39)36-16-4-3-5-17-36)50-28-12-9-24-44(50)46-32-33-52-54(47-25-10-13-29-51(47)57-52)53(46)45-26-15-19-37-18-6-7-22-41(37)45/h3-35H,1-2H3. The van der Waals surface area contributed by atoms with Gasteiger partial charge in [-0.05, 0) is 103 Å². The van der Waals surface area contributed by atoms with Gasteiger partial charge in [0.15, 0.2) is 0 Å². The number of hydrogen-bond acceptors (Lipinski definition) is 2. The van der Waals surface area contributed by atoms with E-state index in [4.69, 9.17) is 0 Å². The summed E-state index contributed by atoms with van der Waals surface area (Å²) >= 11 is 1.88. The van der Waals surface area contributed by atoms with Gasteiger partial charge in [-0.1, -0.05) is 172 Å². The van der Waals surface area contributed by atoms with Crippen LogP contribution in [0.15, 0.2) is 200 Å². The molecular formula is C55H39NS. The van der Waals surface area contributed by atoms with Crippen molar-refractivity contribution in [3.8, 4) is 44.5 Å².